The molecule has 74 heavy (non-hydrogen) atoms. The molecule has 0 heterocycles. The van der Waals surface area contributed by atoms with Crippen molar-refractivity contribution in [3.05, 3.63) is 48.6 Å². The molecule has 6 nitrogen and oxygen atoms in total. The second-order valence-electron chi connectivity index (χ2n) is 22.0. The third-order valence-electron chi connectivity index (χ3n) is 14.6. The van der Waals surface area contributed by atoms with Crippen LogP contribution in [0.15, 0.2) is 48.6 Å². The molecule has 0 bridgehead atoms. The van der Waals surface area contributed by atoms with Crippen molar-refractivity contribution < 1.29 is 28.6 Å². The molecule has 0 aromatic rings. The van der Waals surface area contributed by atoms with Crippen LogP contribution in [0.3, 0.4) is 0 Å². The van der Waals surface area contributed by atoms with Gasteiger partial charge in [0, 0.05) is 19.3 Å². The Hall–Kier alpha value is -2.63. The minimum absolute atomic E-state index is 0.0748. The van der Waals surface area contributed by atoms with Crippen molar-refractivity contribution in [3.8, 4) is 0 Å². The Labute approximate surface area is 460 Å². The summed E-state index contributed by atoms with van der Waals surface area (Å²) in [5.74, 6) is -0.874. The van der Waals surface area contributed by atoms with Crippen LogP contribution in [0.4, 0.5) is 0 Å². The maximum Gasteiger partial charge on any atom is 0.306 e. The molecule has 6 heteroatoms. The van der Waals surface area contributed by atoms with E-state index in [2.05, 4.69) is 69.4 Å². The van der Waals surface area contributed by atoms with E-state index in [0.29, 0.717) is 19.3 Å². The summed E-state index contributed by atoms with van der Waals surface area (Å²) in [5, 5.41) is 0. The van der Waals surface area contributed by atoms with Gasteiger partial charge in [-0.1, -0.05) is 294 Å². The lowest BCUT2D eigenvalue weighted by Gasteiger charge is -2.18. The minimum Gasteiger partial charge on any atom is -0.462 e. The summed E-state index contributed by atoms with van der Waals surface area (Å²) in [5.41, 5.74) is 0. The highest BCUT2D eigenvalue weighted by Gasteiger charge is 2.19. The first-order valence-electron chi connectivity index (χ1n) is 32.6. The Bertz CT molecular complexity index is 1280. The van der Waals surface area contributed by atoms with Crippen LogP contribution < -0.4 is 0 Å². The third-order valence-corrected chi connectivity index (χ3v) is 14.6. The maximum absolute atomic E-state index is 12.9. The fourth-order valence-electron chi connectivity index (χ4n) is 9.62. The number of hydrogen-bond donors (Lipinski definition) is 0. The Morgan fingerprint density at radius 2 is 0.486 bits per heavy atom. The smallest absolute Gasteiger partial charge is 0.306 e. The maximum atomic E-state index is 12.9. The van der Waals surface area contributed by atoms with Crippen LogP contribution >= 0.6 is 0 Å². The van der Waals surface area contributed by atoms with Crippen LogP contribution in [-0.2, 0) is 28.6 Å². The number of carbonyl (C=O) groups is 3. The monoisotopic (exact) mass is 1040 g/mol. The number of ether oxygens (including phenoxy) is 3. The van der Waals surface area contributed by atoms with Gasteiger partial charge in [0.2, 0.25) is 0 Å². The normalized spacial score (nSPS) is 12.3. The van der Waals surface area contributed by atoms with E-state index in [1.807, 2.05) is 0 Å². The Kier molecular flexibility index (Phi) is 60.7. The van der Waals surface area contributed by atoms with E-state index in [9.17, 15) is 14.4 Å². The van der Waals surface area contributed by atoms with Gasteiger partial charge in [-0.05, 0) is 83.5 Å². The van der Waals surface area contributed by atoms with E-state index in [1.54, 1.807) is 0 Å². The fraction of sp³-hybridized carbons (Fsp3) is 0.838. The van der Waals surface area contributed by atoms with Crippen LogP contribution in [0.5, 0.6) is 0 Å². The first kappa shape index (κ1) is 71.4. The number of esters is 3. The Morgan fingerprint density at radius 3 is 0.797 bits per heavy atom. The highest BCUT2D eigenvalue weighted by molar-refractivity contribution is 5.71. The highest BCUT2D eigenvalue weighted by Crippen LogP contribution is 2.17. The molecule has 0 N–H and O–H groups in total. The molecule has 0 rings (SSSR count). The lowest BCUT2D eigenvalue weighted by molar-refractivity contribution is -0.167. The SMILES string of the molecule is CCCCC/C=C\C/C=C\C/C=C\CCCCCCCCC(=O)OC(COC(=O)CCCCCCCCCC)COC(=O)CCCCCCCCCCCCCCCCCCC/C=C\CCCCCCCCCC. The Balaban J connectivity index is 4.10. The molecule has 0 aromatic carbocycles. The van der Waals surface area contributed by atoms with E-state index >= 15 is 0 Å². The van der Waals surface area contributed by atoms with Gasteiger partial charge in [-0.25, -0.2) is 0 Å². The van der Waals surface area contributed by atoms with Crippen LogP contribution in [0.25, 0.3) is 0 Å². The van der Waals surface area contributed by atoms with Gasteiger partial charge in [-0.15, -0.1) is 0 Å². The quantitative estimate of drug-likeness (QED) is 0.0261. The lowest BCUT2D eigenvalue weighted by atomic mass is 10.0. The average Bonchev–Trinajstić information content (AvgIpc) is 3.40. The summed E-state index contributed by atoms with van der Waals surface area (Å²) in [6.07, 6.45) is 78.6. The van der Waals surface area contributed by atoms with E-state index in [-0.39, 0.29) is 31.1 Å². The first-order chi connectivity index (χ1) is 36.5. The zero-order valence-corrected chi connectivity index (χ0v) is 49.6. The fourth-order valence-corrected chi connectivity index (χ4v) is 9.62. The second-order valence-corrected chi connectivity index (χ2v) is 22.0. The molecule has 0 saturated heterocycles. The lowest BCUT2D eigenvalue weighted by Crippen LogP contribution is -2.30. The van der Waals surface area contributed by atoms with Crippen molar-refractivity contribution in [2.75, 3.05) is 13.2 Å². The van der Waals surface area contributed by atoms with Gasteiger partial charge >= 0.3 is 17.9 Å². The molecule has 0 fully saturated rings. The predicted molar refractivity (Wildman–Crippen MR) is 321 cm³/mol. The predicted octanol–water partition coefficient (Wildman–Crippen LogP) is 22.2. The molecule has 0 aliphatic heterocycles. The molecule has 0 spiro atoms. The summed E-state index contributed by atoms with van der Waals surface area (Å²) in [6, 6.07) is 0. The molecule has 432 valence electrons. The standard InChI is InChI=1S/C68H124O6/c1-4-7-10-13-16-19-21-23-25-27-29-30-31-32-33-34-35-36-37-38-40-41-43-45-47-49-52-55-58-61-67(70)73-64-65(63-72-66(69)60-57-54-51-18-15-12-9-6-3)74-68(71)62-59-56-53-50-48-46-44-42-39-28-26-24-22-20-17-14-11-8-5-2/h17,20,24,26-27,29,39,42,65H,4-16,18-19,21-23,25,28,30-38,40-41,43-64H2,1-3H3/b20-17-,26-24-,29-27-,42-39-. The highest BCUT2D eigenvalue weighted by atomic mass is 16.6. The van der Waals surface area contributed by atoms with Crippen molar-refractivity contribution in [2.24, 2.45) is 0 Å². The van der Waals surface area contributed by atoms with Crippen molar-refractivity contribution >= 4 is 17.9 Å². The number of carbonyl (C=O) groups excluding carboxylic acids is 3. The zero-order valence-electron chi connectivity index (χ0n) is 49.6. The van der Waals surface area contributed by atoms with Gasteiger partial charge in [0.15, 0.2) is 6.10 Å². The molecule has 0 aliphatic carbocycles. The van der Waals surface area contributed by atoms with Crippen molar-refractivity contribution in [2.45, 2.75) is 354 Å². The molecule has 0 aromatic heterocycles. The van der Waals surface area contributed by atoms with Crippen LogP contribution in [0.1, 0.15) is 348 Å². The number of allylic oxidation sites excluding steroid dienone is 8. The van der Waals surface area contributed by atoms with Crippen LogP contribution in [-0.4, -0.2) is 37.2 Å². The topological polar surface area (TPSA) is 78.9 Å². The third kappa shape index (κ3) is 60.2. The second kappa shape index (κ2) is 62.9. The van der Waals surface area contributed by atoms with E-state index in [4.69, 9.17) is 14.2 Å². The van der Waals surface area contributed by atoms with Crippen LogP contribution in [0.2, 0.25) is 0 Å². The molecular weight excluding hydrogens is 913 g/mol. The minimum atomic E-state index is -0.776. The average molecular weight is 1040 g/mol. The first-order valence-corrected chi connectivity index (χ1v) is 32.6. The molecule has 1 atom stereocenters. The summed E-state index contributed by atoms with van der Waals surface area (Å²) in [6.45, 7) is 6.62. The summed E-state index contributed by atoms with van der Waals surface area (Å²) in [4.78, 5) is 38.1. The summed E-state index contributed by atoms with van der Waals surface area (Å²) < 4.78 is 16.9. The number of rotatable bonds is 60. The number of hydrogen-bond acceptors (Lipinski definition) is 6. The molecule has 0 aliphatic rings. The van der Waals surface area contributed by atoms with Gasteiger partial charge in [-0.2, -0.15) is 0 Å². The largest absolute Gasteiger partial charge is 0.462 e. The van der Waals surface area contributed by atoms with Crippen molar-refractivity contribution in [1.82, 2.24) is 0 Å². The molecular formula is C68H124O6. The zero-order chi connectivity index (χ0) is 53.6. The molecule has 1 unspecified atom stereocenters. The molecule has 0 amide bonds. The Morgan fingerprint density at radius 1 is 0.270 bits per heavy atom. The van der Waals surface area contributed by atoms with E-state index in [1.165, 1.54) is 231 Å². The van der Waals surface area contributed by atoms with Gasteiger partial charge in [0.25, 0.3) is 0 Å². The molecule has 0 saturated carbocycles. The van der Waals surface area contributed by atoms with Gasteiger partial charge in [0.1, 0.15) is 13.2 Å². The summed E-state index contributed by atoms with van der Waals surface area (Å²) >= 11 is 0. The van der Waals surface area contributed by atoms with Gasteiger partial charge in [0.05, 0.1) is 0 Å². The number of unbranched alkanes of at least 4 members (excludes halogenated alkanes) is 41. The van der Waals surface area contributed by atoms with Crippen molar-refractivity contribution in [3.63, 3.8) is 0 Å². The van der Waals surface area contributed by atoms with Crippen molar-refractivity contribution in [1.29, 1.82) is 0 Å². The van der Waals surface area contributed by atoms with Crippen LogP contribution in [0, 0.1) is 0 Å². The van der Waals surface area contributed by atoms with Gasteiger partial charge in [-0.3, -0.25) is 14.4 Å². The van der Waals surface area contributed by atoms with Gasteiger partial charge < -0.3 is 14.2 Å². The van der Waals surface area contributed by atoms with E-state index < -0.39 is 6.10 Å². The van der Waals surface area contributed by atoms with E-state index in [0.717, 1.165) is 77.0 Å². The molecule has 0 radical (unpaired) electrons. The summed E-state index contributed by atoms with van der Waals surface area (Å²) in [7, 11) is 0.